The third-order valence-corrected chi connectivity index (χ3v) is 21.8. The van der Waals surface area contributed by atoms with Crippen molar-refractivity contribution < 1.29 is 126 Å². The van der Waals surface area contributed by atoms with Crippen molar-refractivity contribution in [3.8, 4) is 0 Å². The molecule has 4 unspecified atom stereocenters. The third-order valence-electron chi connectivity index (χ3n) is 17.9. The van der Waals surface area contributed by atoms with E-state index in [4.69, 9.17) is 70.4 Å². The zero-order valence-electron chi connectivity index (χ0n) is 54.0. The highest BCUT2D eigenvalue weighted by Crippen LogP contribution is 2.55. The quantitative estimate of drug-likeness (QED) is 0.0571. The highest BCUT2D eigenvalue weighted by atomic mass is 31.2. The monoisotopic (exact) mass is 1450 g/mol. The molecule has 8 saturated heterocycles. The maximum absolute atomic E-state index is 13.0. The van der Waals surface area contributed by atoms with Crippen LogP contribution in [-0.2, 0) is 107 Å². The van der Waals surface area contributed by atoms with Crippen LogP contribution in [0.15, 0.2) is 92.4 Å². The lowest BCUT2D eigenvalue weighted by Gasteiger charge is -2.52. The van der Waals surface area contributed by atoms with Crippen molar-refractivity contribution in [2.24, 2.45) is 5.92 Å². The van der Waals surface area contributed by atoms with Crippen LogP contribution in [0.4, 0.5) is 0 Å². The molecule has 6 N–H and O–H groups in total. The second kappa shape index (κ2) is 31.5. The minimum Gasteiger partial charge on any atom is -0.382 e. The number of benzene rings is 1. The van der Waals surface area contributed by atoms with Crippen molar-refractivity contribution in [2.75, 3.05) is 136 Å². The Morgan fingerprint density at radius 1 is 0.521 bits per heavy atom. The van der Waals surface area contributed by atoms with Gasteiger partial charge in [-0.15, -0.1) is 0 Å². The average Bonchev–Trinajstić information content (AvgIpc) is 1.57. The normalized spacial score (nSPS) is 35.1. The first-order chi connectivity index (χ1) is 45.6. The second-order valence-electron chi connectivity index (χ2n) is 23.7. The number of rotatable bonds is 23. The Morgan fingerprint density at radius 3 is 1.53 bits per heavy atom. The fourth-order valence-electron chi connectivity index (χ4n) is 13.1. The summed E-state index contributed by atoms with van der Waals surface area (Å²) in [6, 6.07) is 12.7. The van der Waals surface area contributed by atoms with Crippen LogP contribution in [0.25, 0.3) is 10.8 Å². The van der Waals surface area contributed by atoms with E-state index in [1.165, 1.54) is 53.4 Å². The van der Waals surface area contributed by atoms with Gasteiger partial charge in [-0.05, 0) is 23.6 Å². The first-order valence-electron chi connectivity index (χ1n) is 30.0. The molecule has 96 heavy (non-hydrogen) atoms. The lowest BCUT2D eigenvalue weighted by atomic mass is 9.80. The fraction of sp³-hybridized carbons (Fsp3) is 0.679. The fourth-order valence-corrected chi connectivity index (χ4v) is 16.0. The molecule has 40 heteroatoms. The Kier molecular flexibility index (Phi) is 25.0. The predicted molar refractivity (Wildman–Crippen MR) is 331 cm³/mol. The minimum atomic E-state index is -4.31. The van der Waals surface area contributed by atoms with E-state index in [0.717, 1.165) is 33.8 Å². The molecule has 0 aliphatic carbocycles. The molecule has 11 heterocycles. The van der Waals surface area contributed by atoms with Gasteiger partial charge in [-0.3, -0.25) is 51.1 Å². The molecule has 4 aromatic rings. The number of aromatic nitrogens is 4. The molecule has 8 aliphatic rings. The number of hydrogen-bond donors (Lipinski definition) is 6. The third kappa shape index (κ3) is 16.3. The molecule has 1 aromatic carbocycles. The number of pyridine rings is 2. The summed E-state index contributed by atoms with van der Waals surface area (Å²) < 4.78 is 154. The summed E-state index contributed by atoms with van der Waals surface area (Å²) in [5, 5.41) is 3.93. The van der Waals surface area contributed by atoms with Gasteiger partial charge in [0.15, 0.2) is 0 Å². The van der Waals surface area contributed by atoms with Gasteiger partial charge in [0.05, 0.1) is 116 Å². The van der Waals surface area contributed by atoms with E-state index in [1.807, 2.05) is 25.1 Å². The minimum absolute atomic E-state index is 0.0761. The summed E-state index contributed by atoms with van der Waals surface area (Å²) >= 11 is 0. The predicted octanol–water partition coefficient (Wildman–Crippen LogP) is 1.38. The Morgan fingerprint density at radius 2 is 0.990 bits per heavy atom. The number of phosphoric acid groups is 3. The van der Waals surface area contributed by atoms with Crippen molar-refractivity contribution in [2.45, 2.75) is 103 Å². The van der Waals surface area contributed by atoms with E-state index < -0.39 is 126 Å². The van der Waals surface area contributed by atoms with Gasteiger partial charge in [0, 0.05) is 105 Å². The summed E-state index contributed by atoms with van der Waals surface area (Å²) in [5.41, 5.74) is -5.36. The van der Waals surface area contributed by atoms with Crippen molar-refractivity contribution in [3.63, 3.8) is 0 Å². The van der Waals surface area contributed by atoms with Crippen molar-refractivity contribution in [1.29, 1.82) is 0 Å². The van der Waals surface area contributed by atoms with E-state index in [9.17, 15) is 57.0 Å². The molecular formula is C56H83N5O31P4. The number of H-pyrrole nitrogens is 1. The molecule has 0 radical (unpaired) electrons. The van der Waals surface area contributed by atoms with Gasteiger partial charge in [0.2, 0.25) is 0 Å². The molecule has 8 bridgehead atoms. The number of fused-ring (bicyclic) bond motifs is 9. The smallest absolute Gasteiger partial charge is 0.382 e. The number of nitrogens with zero attached hydrogens (tertiary/aromatic N) is 3. The first kappa shape index (κ1) is 76.2. The summed E-state index contributed by atoms with van der Waals surface area (Å²) in [6.07, 6.45) is 0.354. The zero-order valence-corrected chi connectivity index (χ0v) is 57.6. The summed E-state index contributed by atoms with van der Waals surface area (Å²) in [7, 11) is -6.35. The lowest BCUT2D eigenvalue weighted by Crippen LogP contribution is -2.65. The van der Waals surface area contributed by atoms with E-state index in [1.54, 1.807) is 43.8 Å². The van der Waals surface area contributed by atoms with Crippen molar-refractivity contribution >= 4 is 42.0 Å². The van der Waals surface area contributed by atoms with E-state index in [-0.39, 0.29) is 89.2 Å². The number of nitrogens with one attached hydrogen (secondary N) is 2. The van der Waals surface area contributed by atoms with Crippen LogP contribution in [0.1, 0.15) is 31.5 Å². The van der Waals surface area contributed by atoms with E-state index in [0.29, 0.717) is 25.0 Å². The Balaban J connectivity index is 0.000000152. The highest BCUT2D eigenvalue weighted by Gasteiger charge is 2.64. The zero-order chi connectivity index (χ0) is 69.7. The topological polar surface area (TPSA) is 435 Å². The maximum atomic E-state index is 13.0. The molecule has 8 aliphatic heterocycles. The van der Waals surface area contributed by atoms with Crippen molar-refractivity contribution in [1.82, 2.24) is 23.8 Å². The molecule has 0 amide bonds. The van der Waals surface area contributed by atoms with Crippen LogP contribution in [0, 0.1) is 5.92 Å². The highest BCUT2D eigenvalue weighted by molar-refractivity contribution is 7.50. The summed E-state index contributed by atoms with van der Waals surface area (Å²) in [6.45, 7) is 4.45. The molecule has 3 aromatic heterocycles. The van der Waals surface area contributed by atoms with Gasteiger partial charge in [0.25, 0.3) is 16.7 Å². The Labute approximate surface area is 549 Å². The average molecular weight is 1450 g/mol. The van der Waals surface area contributed by atoms with Crippen LogP contribution >= 0.6 is 31.2 Å². The Bertz CT molecular complexity index is 3750. The lowest BCUT2D eigenvalue weighted by molar-refractivity contribution is -0.273. The van der Waals surface area contributed by atoms with Gasteiger partial charge in [-0.2, -0.15) is 0 Å². The molecule has 0 saturated carbocycles. The molecular weight excluding hydrogens is 1360 g/mol. The van der Waals surface area contributed by atoms with Crippen molar-refractivity contribution in [3.05, 3.63) is 115 Å². The number of phosphoric ester groups is 3. The molecule has 36 nitrogen and oxygen atoms in total. The van der Waals surface area contributed by atoms with Gasteiger partial charge in [-0.1, -0.05) is 31.2 Å². The number of methoxy groups -OCH3 is 4. The van der Waals surface area contributed by atoms with Crippen LogP contribution in [0.2, 0.25) is 0 Å². The van der Waals surface area contributed by atoms with E-state index in [2.05, 4.69) is 28.2 Å². The molecule has 538 valence electrons. The van der Waals surface area contributed by atoms with Gasteiger partial charge < -0.3 is 90.1 Å². The molecule has 0 spiro atoms. The summed E-state index contributed by atoms with van der Waals surface area (Å²) in [4.78, 5) is 89.6. The standard InChI is InChI=1S/C18H22NO8P.C14H20NO8P.C13H20N3O8P.C11H21O7P/c1-23-10-18-11-25-15(16(18)27-28(21,22)24-2)14(9-26-18)19-8-7-12-5-3-4-6-13(12)17(19)20;1-19-8-14-9-21-12(13(14)23-24(17,18)20-2)10(7-22-14)15-6-4-3-5-11(15)16;1-21-6-13-7-23-10(11(13)15-25(19,20)22-2)8(5-24-13)16-4-3-9(17)14-12(16)18;1-8-6-17-11(7-14-2)4-5-16-9(8)10(11)18-19(12,13)15-3/h3-8,14-16H,9-11H2,1-2H3,(H,21,22);3-6,10,12-13H,7-9H2,1-2H3,(H,17,18);3-4,8,10-11H,5-7H2,1-2H3,(H,14,17,18)(H2,15,19,20);8-10H,4-7H2,1-3H3,(H,12,13)/t14-,15-,16+,18+;10-,12-,13+,14+;8-,10-,11+,13+;8-,9-,10+,11-/m1111/s1. The number of aromatic amines is 1. The number of ether oxygens (including phenoxy) is 12. The second-order valence-corrected chi connectivity index (χ2v) is 30.0. The van der Waals surface area contributed by atoms with Crippen LogP contribution in [0.3, 0.4) is 0 Å². The van der Waals surface area contributed by atoms with Gasteiger partial charge in [0.1, 0.15) is 52.9 Å². The summed E-state index contributed by atoms with van der Waals surface area (Å²) in [5.74, 6) is 0.0761. The molecule has 20 atom stereocenters. The number of hydrogen-bond acceptors (Lipinski definition) is 27. The first-order valence-corrected chi connectivity index (χ1v) is 36.1. The van der Waals surface area contributed by atoms with Crippen LogP contribution < -0.4 is 27.5 Å². The SMILES string of the molecule is COC[C@@]12CCO[C@H]([C@H](C)CO1)[C@@H]2OP(=O)(O)OC.COC[C@@]12CO[C@H]([C@H](n3ccc(=O)[nH]c3=O)CO1)[C@@H]2NP(=O)(O)OC.COC[C@@]12CO[C@H]([C@H](n3ccc4ccccc4c3=O)CO1)[C@@H]2OP(=O)(O)OC.COC[C@@]12CO[C@H]([C@H](n3ccccc3=O)CO1)[C@@H]2OP(=O)(O)OC. The van der Waals surface area contributed by atoms with Gasteiger partial charge >= 0.3 is 36.9 Å². The van der Waals surface area contributed by atoms with Crippen LogP contribution in [-0.4, -0.2) is 246 Å². The maximum Gasteiger partial charge on any atom is 0.472 e. The van der Waals surface area contributed by atoms with E-state index >= 15 is 0 Å². The largest absolute Gasteiger partial charge is 0.472 e. The van der Waals surface area contributed by atoms with Gasteiger partial charge in [-0.25, -0.2) is 28.1 Å². The van der Waals surface area contributed by atoms with Crippen LogP contribution in [0.5, 0.6) is 0 Å². The Hall–Kier alpha value is -3.98. The molecule has 12 rings (SSSR count). The molecule has 8 fully saturated rings.